The van der Waals surface area contributed by atoms with Crippen molar-refractivity contribution in [3.05, 3.63) is 30.1 Å². The average Bonchev–Trinajstić information content (AvgIpc) is 2.85. The van der Waals surface area contributed by atoms with E-state index < -0.39 is 15.1 Å². The van der Waals surface area contributed by atoms with Gasteiger partial charge >= 0.3 is 0 Å². The highest BCUT2D eigenvalue weighted by molar-refractivity contribution is 6.48. The van der Waals surface area contributed by atoms with Crippen molar-refractivity contribution in [1.29, 1.82) is 0 Å². The zero-order valence-corrected chi connectivity index (χ0v) is 16.2. The van der Waals surface area contributed by atoms with Crippen LogP contribution in [0, 0.1) is 11.3 Å². The van der Waals surface area contributed by atoms with Crippen molar-refractivity contribution in [2.45, 2.75) is 65.0 Å². The Morgan fingerprint density at radius 3 is 2.74 bits per heavy atom. The van der Waals surface area contributed by atoms with Gasteiger partial charge in [0.1, 0.15) is 0 Å². The van der Waals surface area contributed by atoms with Crippen LogP contribution in [0.25, 0.3) is 0 Å². The van der Waals surface area contributed by atoms with E-state index in [0.29, 0.717) is 6.61 Å². The number of nitrogens with zero attached hydrogens (tertiary/aromatic N) is 1. The van der Waals surface area contributed by atoms with Crippen LogP contribution in [0.15, 0.2) is 24.5 Å². The molecule has 4 nitrogen and oxygen atoms in total. The van der Waals surface area contributed by atoms with Crippen molar-refractivity contribution in [2.24, 2.45) is 11.3 Å². The zero-order valence-electron chi connectivity index (χ0n) is 15.0. The van der Waals surface area contributed by atoms with E-state index in [0.717, 1.165) is 18.4 Å². The van der Waals surface area contributed by atoms with Crippen molar-refractivity contribution in [3.63, 3.8) is 0 Å². The van der Waals surface area contributed by atoms with Crippen LogP contribution in [0.5, 0.6) is 0 Å². The van der Waals surface area contributed by atoms with Crippen LogP contribution in [-0.4, -0.2) is 37.9 Å². The van der Waals surface area contributed by atoms with Gasteiger partial charge in [-0.2, -0.15) is 0 Å². The van der Waals surface area contributed by atoms with Crippen LogP contribution in [0.2, 0.25) is 13.1 Å². The lowest BCUT2D eigenvalue weighted by Gasteiger charge is -2.33. The molecule has 0 radical (unpaired) electrons. The molecule has 0 aliphatic carbocycles. The minimum Gasteiger partial charge on any atom is -0.417 e. The Kier molecular flexibility index (Phi) is 6.37. The fourth-order valence-corrected chi connectivity index (χ4v) is 4.22. The fraction of sp³-hybridized carbons (Fsp3) is 0.722. The molecule has 1 N–H and O–H groups in total. The Labute approximate surface area is 142 Å². The Bertz CT molecular complexity index is 475. The number of rotatable bonds is 6. The van der Waals surface area contributed by atoms with E-state index in [2.05, 4.69) is 38.8 Å². The number of pyridine rings is 1. The van der Waals surface area contributed by atoms with Crippen LogP contribution in [0.1, 0.15) is 45.3 Å². The first-order valence-corrected chi connectivity index (χ1v) is 11.4. The van der Waals surface area contributed by atoms with E-state index in [-0.39, 0.29) is 23.5 Å². The molecule has 1 aliphatic rings. The van der Waals surface area contributed by atoms with Crippen molar-refractivity contribution in [3.8, 4) is 0 Å². The predicted octanol–water partition coefficient (Wildman–Crippen LogP) is 3.32. The Morgan fingerprint density at radius 2 is 2.17 bits per heavy atom. The van der Waals surface area contributed by atoms with Gasteiger partial charge in [0.05, 0.1) is 24.9 Å². The number of aromatic nitrogens is 1. The van der Waals surface area contributed by atoms with Gasteiger partial charge in [0.25, 0.3) is 0 Å². The lowest BCUT2D eigenvalue weighted by atomic mass is 9.82. The van der Waals surface area contributed by atoms with Gasteiger partial charge in [-0.1, -0.05) is 26.8 Å². The second-order valence-corrected chi connectivity index (χ2v) is 10.4. The van der Waals surface area contributed by atoms with Crippen LogP contribution in [0.4, 0.5) is 0 Å². The third-order valence-electron chi connectivity index (χ3n) is 4.31. The normalized spacial score (nSPS) is 26.7. The fourth-order valence-electron chi connectivity index (χ4n) is 3.21. The second kappa shape index (κ2) is 7.88. The van der Waals surface area contributed by atoms with Gasteiger partial charge < -0.3 is 14.3 Å². The van der Waals surface area contributed by atoms with E-state index in [9.17, 15) is 5.11 Å². The molecule has 2 rings (SSSR count). The molecule has 5 heteroatoms. The molecule has 23 heavy (non-hydrogen) atoms. The van der Waals surface area contributed by atoms with E-state index in [4.69, 9.17) is 9.16 Å². The topological polar surface area (TPSA) is 51.6 Å². The molecular weight excluding hydrogens is 306 g/mol. The van der Waals surface area contributed by atoms with Gasteiger partial charge in [0.15, 0.2) is 9.04 Å². The monoisotopic (exact) mass is 337 g/mol. The molecule has 1 saturated heterocycles. The van der Waals surface area contributed by atoms with Crippen LogP contribution in [0.3, 0.4) is 0 Å². The quantitative estimate of drug-likeness (QED) is 0.809. The van der Waals surface area contributed by atoms with E-state index in [1.807, 2.05) is 18.3 Å². The number of hydrogen-bond donors (Lipinski definition) is 1. The first-order chi connectivity index (χ1) is 10.8. The van der Waals surface area contributed by atoms with Gasteiger partial charge in [-0.05, 0) is 43.0 Å². The van der Waals surface area contributed by atoms with Gasteiger partial charge in [0.2, 0.25) is 0 Å². The average molecular weight is 338 g/mol. The molecule has 1 aromatic rings. The summed E-state index contributed by atoms with van der Waals surface area (Å²) in [5, 5.41) is 10.5. The second-order valence-electron chi connectivity index (χ2n) is 8.01. The summed E-state index contributed by atoms with van der Waals surface area (Å²) >= 11 is 0. The third kappa shape index (κ3) is 5.38. The van der Waals surface area contributed by atoms with Crippen molar-refractivity contribution in [2.75, 3.05) is 6.61 Å². The van der Waals surface area contributed by atoms with E-state index in [1.165, 1.54) is 0 Å². The summed E-state index contributed by atoms with van der Waals surface area (Å²) in [6.07, 6.45) is 5.07. The maximum atomic E-state index is 10.5. The Balaban J connectivity index is 2.19. The first kappa shape index (κ1) is 18.6. The number of aliphatic hydroxyl groups is 1. The van der Waals surface area contributed by atoms with E-state index >= 15 is 0 Å². The molecule has 0 aromatic carbocycles. The van der Waals surface area contributed by atoms with Crippen molar-refractivity contribution >= 4 is 9.04 Å². The molecule has 2 heterocycles. The van der Waals surface area contributed by atoms with Crippen molar-refractivity contribution < 1.29 is 14.3 Å². The minimum absolute atomic E-state index is 0.0172. The van der Waals surface area contributed by atoms with Gasteiger partial charge in [-0.15, -0.1) is 0 Å². The Morgan fingerprint density at radius 1 is 1.43 bits per heavy atom. The van der Waals surface area contributed by atoms with Gasteiger partial charge in [-0.3, -0.25) is 4.98 Å². The van der Waals surface area contributed by atoms with Crippen LogP contribution >= 0.6 is 0 Å². The molecule has 1 unspecified atom stereocenters. The molecule has 1 aromatic heterocycles. The lowest BCUT2D eigenvalue weighted by Crippen LogP contribution is -2.37. The Hall–Kier alpha value is -0.753. The smallest absolute Gasteiger partial charge is 0.171 e. The lowest BCUT2D eigenvalue weighted by molar-refractivity contribution is 0.0175. The SMILES string of the molecule is C[SiH](C)OC(CCC(C)(C)C)[C@@H]1[C@@H](c2cccnc2)OC[C@@H]1O. The summed E-state index contributed by atoms with van der Waals surface area (Å²) in [6, 6.07) is 3.94. The van der Waals surface area contributed by atoms with Crippen molar-refractivity contribution in [1.82, 2.24) is 4.98 Å². The highest BCUT2D eigenvalue weighted by atomic mass is 28.3. The van der Waals surface area contributed by atoms with Crippen LogP contribution in [-0.2, 0) is 9.16 Å². The minimum atomic E-state index is -1.20. The standard InChI is InChI=1S/C18H31NO3Si/c1-18(2,3)9-8-15(22-23(4)5)16-14(20)12-21-17(16)13-7-6-10-19-11-13/h6-7,10-11,14-17,20,23H,8-9,12H2,1-5H3/t14-,15?,16+,17+/m0/s1. The predicted molar refractivity (Wildman–Crippen MR) is 94.9 cm³/mol. The largest absolute Gasteiger partial charge is 0.417 e. The number of hydrogen-bond acceptors (Lipinski definition) is 4. The summed E-state index contributed by atoms with van der Waals surface area (Å²) in [6.45, 7) is 11.5. The molecule has 0 saturated carbocycles. The molecule has 0 spiro atoms. The zero-order chi connectivity index (χ0) is 17.0. The highest BCUT2D eigenvalue weighted by Gasteiger charge is 2.43. The molecule has 4 atom stereocenters. The van der Waals surface area contributed by atoms with E-state index in [1.54, 1.807) is 6.20 Å². The summed E-state index contributed by atoms with van der Waals surface area (Å²) in [4.78, 5) is 4.20. The molecule has 1 fully saturated rings. The molecule has 0 amide bonds. The van der Waals surface area contributed by atoms with Crippen LogP contribution < -0.4 is 0 Å². The molecule has 1 aliphatic heterocycles. The van der Waals surface area contributed by atoms with Gasteiger partial charge in [-0.25, -0.2) is 0 Å². The molecule has 0 bridgehead atoms. The summed E-state index contributed by atoms with van der Waals surface area (Å²) in [5.74, 6) is -0.0172. The third-order valence-corrected chi connectivity index (χ3v) is 5.20. The molecule has 130 valence electrons. The summed E-state index contributed by atoms with van der Waals surface area (Å²) in [5.41, 5.74) is 1.29. The molecular formula is C18H31NO3Si. The van der Waals surface area contributed by atoms with Gasteiger partial charge in [0, 0.05) is 18.3 Å². The number of aliphatic hydroxyl groups excluding tert-OH is 1. The summed E-state index contributed by atoms with van der Waals surface area (Å²) in [7, 11) is -1.20. The highest BCUT2D eigenvalue weighted by Crippen LogP contribution is 2.40. The first-order valence-electron chi connectivity index (χ1n) is 8.63. The summed E-state index contributed by atoms with van der Waals surface area (Å²) < 4.78 is 12.2. The maximum absolute atomic E-state index is 10.5. The number of ether oxygens (including phenoxy) is 1. The maximum Gasteiger partial charge on any atom is 0.171 e.